The number of likely N-dealkylation sites (N-methyl/N-ethyl adjacent to an activating group) is 1. The minimum absolute atomic E-state index is 0.270. The number of para-hydroxylation sites is 1. The lowest BCUT2D eigenvalue weighted by Crippen LogP contribution is -2.31. The SMILES string of the molecule is Cc1cc(C)c(C(=O)OCC(=O)N(C)Cc2cnn(-c3ccccc3)c2)c(C)c1. The number of aromatic nitrogens is 2. The first-order chi connectivity index (χ1) is 13.8. The van der Waals surface area contributed by atoms with Gasteiger partial charge < -0.3 is 9.64 Å². The van der Waals surface area contributed by atoms with Crippen LogP contribution in [0.15, 0.2) is 54.9 Å². The number of esters is 1. The van der Waals surface area contributed by atoms with Crippen molar-refractivity contribution in [3.8, 4) is 5.69 Å². The van der Waals surface area contributed by atoms with Crippen molar-refractivity contribution in [2.75, 3.05) is 13.7 Å². The molecule has 0 bridgehead atoms. The molecule has 0 N–H and O–H groups in total. The van der Waals surface area contributed by atoms with Crippen molar-refractivity contribution in [1.29, 1.82) is 0 Å². The third-order valence-corrected chi connectivity index (χ3v) is 4.71. The highest BCUT2D eigenvalue weighted by Crippen LogP contribution is 2.17. The Labute approximate surface area is 170 Å². The minimum Gasteiger partial charge on any atom is -0.452 e. The van der Waals surface area contributed by atoms with E-state index in [9.17, 15) is 9.59 Å². The summed E-state index contributed by atoms with van der Waals surface area (Å²) in [5.41, 5.74) is 5.15. The van der Waals surface area contributed by atoms with E-state index in [2.05, 4.69) is 5.10 Å². The van der Waals surface area contributed by atoms with E-state index in [1.807, 2.05) is 69.4 Å². The van der Waals surface area contributed by atoms with Gasteiger partial charge in [-0.15, -0.1) is 0 Å². The standard InChI is InChI=1S/C23H25N3O3/c1-16-10-17(2)22(18(3)11-16)23(28)29-15-21(27)25(4)13-19-12-24-26(14-19)20-8-6-5-7-9-20/h5-12,14H,13,15H2,1-4H3. The molecule has 0 saturated heterocycles. The van der Waals surface area contributed by atoms with E-state index in [4.69, 9.17) is 4.74 Å². The molecular weight excluding hydrogens is 366 g/mol. The van der Waals surface area contributed by atoms with Gasteiger partial charge in [-0.05, 0) is 44.0 Å². The summed E-state index contributed by atoms with van der Waals surface area (Å²) in [5, 5.41) is 4.33. The van der Waals surface area contributed by atoms with Crippen LogP contribution in [-0.4, -0.2) is 40.2 Å². The molecule has 0 unspecified atom stereocenters. The third-order valence-electron chi connectivity index (χ3n) is 4.71. The Morgan fingerprint density at radius 2 is 1.72 bits per heavy atom. The second-order valence-corrected chi connectivity index (χ2v) is 7.23. The average molecular weight is 391 g/mol. The third kappa shape index (κ3) is 4.90. The molecule has 2 aromatic carbocycles. The van der Waals surface area contributed by atoms with Crippen molar-refractivity contribution in [3.63, 3.8) is 0 Å². The van der Waals surface area contributed by atoms with Crippen molar-refractivity contribution in [1.82, 2.24) is 14.7 Å². The summed E-state index contributed by atoms with van der Waals surface area (Å²) in [6.45, 7) is 5.80. The van der Waals surface area contributed by atoms with E-state index in [1.54, 1.807) is 17.9 Å². The number of carbonyl (C=O) groups is 2. The first-order valence-electron chi connectivity index (χ1n) is 9.43. The van der Waals surface area contributed by atoms with E-state index in [0.717, 1.165) is 27.9 Å². The van der Waals surface area contributed by atoms with Crippen LogP contribution in [0.1, 0.15) is 32.6 Å². The van der Waals surface area contributed by atoms with Gasteiger partial charge in [0.05, 0.1) is 17.4 Å². The smallest absolute Gasteiger partial charge is 0.339 e. The number of nitrogens with zero attached hydrogens (tertiary/aromatic N) is 3. The van der Waals surface area contributed by atoms with Gasteiger partial charge in [0, 0.05) is 25.4 Å². The van der Waals surface area contributed by atoms with Gasteiger partial charge in [0.15, 0.2) is 6.61 Å². The lowest BCUT2D eigenvalue weighted by molar-refractivity contribution is -0.133. The molecule has 150 valence electrons. The van der Waals surface area contributed by atoms with Crippen LogP contribution in [0.25, 0.3) is 5.69 Å². The molecule has 1 heterocycles. The normalized spacial score (nSPS) is 10.6. The maximum absolute atomic E-state index is 12.4. The predicted octanol–water partition coefficient (Wildman–Crippen LogP) is 3.61. The molecule has 1 aromatic heterocycles. The predicted molar refractivity (Wildman–Crippen MR) is 111 cm³/mol. The Bertz CT molecular complexity index is 1000. The quantitative estimate of drug-likeness (QED) is 0.602. The topological polar surface area (TPSA) is 64.4 Å². The number of amides is 1. The van der Waals surface area contributed by atoms with Gasteiger partial charge in [0.25, 0.3) is 5.91 Å². The maximum atomic E-state index is 12.4. The van der Waals surface area contributed by atoms with Crippen LogP contribution in [0.3, 0.4) is 0 Å². The zero-order valence-corrected chi connectivity index (χ0v) is 17.2. The summed E-state index contributed by atoms with van der Waals surface area (Å²) in [5.74, 6) is -0.744. The van der Waals surface area contributed by atoms with Gasteiger partial charge in [-0.3, -0.25) is 4.79 Å². The van der Waals surface area contributed by atoms with Crippen molar-refractivity contribution in [2.24, 2.45) is 0 Å². The zero-order chi connectivity index (χ0) is 21.0. The number of hydrogen-bond acceptors (Lipinski definition) is 4. The Hall–Kier alpha value is -3.41. The molecule has 1 amide bonds. The van der Waals surface area contributed by atoms with Crippen LogP contribution >= 0.6 is 0 Å². The summed E-state index contributed by atoms with van der Waals surface area (Å²) in [7, 11) is 1.68. The largest absolute Gasteiger partial charge is 0.452 e. The molecule has 0 spiro atoms. The molecular formula is C23H25N3O3. The molecule has 0 saturated carbocycles. The Balaban J connectivity index is 1.57. The maximum Gasteiger partial charge on any atom is 0.339 e. The van der Waals surface area contributed by atoms with Gasteiger partial charge >= 0.3 is 5.97 Å². The fraction of sp³-hybridized carbons (Fsp3) is 0.261. The molecule has 0 radical (unpaired) electrons. The first kappa shape index (κ1) is 20.3. The summed E-state index contributed by atoms with van der Waals surface area (Å²) in [6, 6.07) is 13.6. The number of rotatable bonds is 6. The fourth-order valence-electron chi connectivity index (χ4n) is 3.34. The lowest BCUT2D eigenvalue weighted by Gasteiger charge is -2.17. The molecule has 0 atom stereocenters. The summed E-state index contributed by atoms with van der Waals surface area (Å²) >= 11 is 0. The molecule has 29 heavy (non-hydrogen) atoms. The zero-order valence-electron chi connectivity index (χ0n) is 17.2. The van der Waals surface area contributed by atoms with Gasteiger partial charge in [0.1, 0.15) is 0 Å². The average Bonchev–Trinajstić information content (AvgIpc) is 3.14. The van der Waals surface area contributed by atoms with Gasteiger partial charge in [-0.25, -0.2) is 9.48 Å². The van der Waals surface area contributed by atoms with Gasteiger partial charge in [-0.2, -0.15) is 5.10 Å². The van der Waals surface area contributed by atoms with E-state index < -0.39 is 5.97 Å². The Morgan fingerprint density at radius 1 is 1.07 bits per heavy atom. The van der Waals surface area contributed by atoms with Crippen molar-refractivity contribution < 1.29 is 14.3 Å². The lowest BCUT2D eigenvalue weighted by atomic mass is 10.00. The molecule has 0 aliphatic rings. The summed E-state index contributed by atoms with van der Waals surface area (Å²) in [4.78, 5) is 26.4. The molecule has 0 aliphatic carbocycles. The summed E-state index contributed by atoms with van der Waals surface area (Å²) < 4.78 is 7.03. The second kappa shape index (κ2) is 8.73. The molecule has 6 heteroatoms. The second-order valence-electron chi connectivity index (χ2n) is 7.23. The van der Waals surface area contributed by atoms with Crippen LogP contribution in [0.4, 0.5) is 0 Å². The number of aryl methyl sites for hydroxylation is 3. The van der Waals surface area contributed by atoms with Crippen LogP contribution < -0.4 is 0 Å². The first-order valence-corrected chi connectivity index (χ1v) is 9.43. The highest BCUT2D eigenvalue weighted by molar-refractivity contribution is 5.94. The number of benzene rings is 2. The fourth-order valence-corrected chi connectivity index (χ4v) is 3.34. The summed E-state index contributed by atoms with van der Waals surface area (Å²) in [6.07, 6.45) is 3.60. The number of hydrogen-bond donors (Lipinski definition) is 0. The van der Waals surface area contributed by atoms with Gasteiger partial charge in [0.2, 0.25) is 0 Å². The van der Waals surface area contributed by atoms with Crippen LogP contribution in [-0.2, 0) is 16.1 Å². The number of carbonyl (C=O) groups excluding carboxylic acids is 2. The van der Waals surface area contributed by atoms with Crippen LogP contribution in [0, 0.1) is 20.8 Å². The van der Waals surface area contributed by atoms with Crippen LogP contribution in [0.5, 0.6) is 0 Å². The van der Waals surface area contributed by atoms with Crippen molar-refractivity contribution in [2.45, 2.75) is 27.3 Å². The molecule has 0 aliphatic heterocycles. The van der Waals surface area contributed by atoms with Crippen molar-refractivity contribution in [3.05, 3.63) is 82.7 Å². The van der Waals surface area contributed by atoms with E-state index in [1.165, 1.54) is 4.90 Å². The van der Waals surface area contributed by atoms with E-state index in [-0.39, 0.29) is 12.5 Å². The molecule has 3 rings (SSSR count). The highest BCUT2D eigenvalue weighted by atomic mass is 16.5. The van der Waals surface area contributed by atoms with Crippen molar-refractivity contribution >= 4 is 11.9 Å². The Morgan fingerprint density at radius 3 is 2.38 bits per heavy atom. The monoisotopic (exact) mass is 391 g/mol. The van der Waals surface area contributed by atoms with Gasteiger partial charge in [-0.1, -0.05) is 35.9 Å². The number of ether oxygens (including phenoxy) is 1. The molecule has 6 nitrogen and oxygen atoms in total. The van der Waals surface area contributed by atoms with E-state index >= 15 is 0 Å². The molecule has 3 aromatic rings. The van der Waals surface area contributed by atoms with E-state index in [0.29, 0.717) is 12.1 Å². The molecule has 0 fully saturated rings. The highest BCUT2D eigenvalue weighted by Gasteiger charge is 2.18. The Kier molecular flexibility index (Phi) is 6.12. The minimum atomic E-state index is -0.473. The van der Waals surface area contributed by atoms with Crippen LogP contribution in [0.2, 0.25) is 0 Å².